The maximum atomic E-state index is 5.48. The number of nitrogen functional groups attached to an aromatic ring is 1. The van der Waals surface area contributed by atoms with Gasteiger partial charge in [-0.25, -0.2) is 4.98 Å². The van der Waals surface area contributed by atoms with Crippen LogP contribution in [0.3, 0.4) is 0 Å². The second kappa shape index (κ2) is 3.88. The quantitative estimate of drug-likeness (QED) is 0.727. The van der Waals surface area contributed by atoms with Crippen molar-refractivity contribution in [2.75, 3.05) is 18.8 Å². The minimum absolute atomic E-state index is 0.285. The van der Waals surface area contributed by atoms with Crippen LogP contribution in [-0.2, 0) is 13.0 Å². The lowest BCUT2D eigenvalue weighted by Gasteiger charge is -2.26. The van der Waals surface area contributed by atoms with Crippen LogP contribution in [0.25, 0.3) is 0 Å². The van der Waals surface area contributed by atoms with Crippen molar-refractivity contribution in [1.82, 2.24) is 20.1 Å². The van der Waals surface area contributed by atoms with E-state index in [0.29, 0.717) is 0 Å². The van der Waals surface area contributed by atoms with Crippen molar-refractivity contribution in [2.45, 2.75) is 26.3 Å². The molecule has 2 rings (SSSR count). The molecule has 2 heterocycles. The summed E-state index contributed by atoms with van der Waals surface area (Å²) in [6, 6.07) is 0. The van der Waals surface area contributed by atoms with Crippen LogP contribution in [0.15, 0.2) is 0 Å². The highest BCUT2D eigenvalue weighted by molar-refractivity contribution is 5.21. The largest absolute Gasteiger partial charge is 0.366 e. The molecule has 0 aromatic carbocycles. The fourth-order valence-electron chi connectivity index (χ4n) is 1.78. The lowest BCUT2D eigenvalue weighted by molar-refractivity contribution is 0.247. The highest BCUT2D eigenvalue weighted by Gasteiger charge is 2.18. The molecule has 0 fully saturated rings. The first kappa shape index (κ1) is 9.33. The third kappa shape index (κ3) is 1.82. The zero-order chi connectivity index (χ0) is 9.97. The van der Waals surface area contributed by atoms with Crippen molar-refractivity contribution in [3.05, 3.63) is 11.4 Å². The number of nitrogens with zero attached hydrogens (tertiary/aromatic N) is 4. The molecule has 1 aliphatic rings. The van der Waals surface area contributed by atoms with E-state index in [1.165, 1.54) is 6.42 Å². The lowest BCUT2D eigenvalue weighted by Crippen LogP contribution is -2.32. The standard InChI is InChI=1S/C9H15N5/c1-2-4-14-5-3-7-8(6-14)12-13-9(10)11-7/h2-6H2,1H3,(H2,10,11,13). The molecule has 2 N–H and O–H groups in total. The smallest absolute Gasteiger partial charge is 0.240 e. The van der Waals surface area contributed by atoms with Crippen LogP contribution in [0.5, 0.6) is 0 Å². The Labute approximate surface area is 83.3 Å². The Kier molecular flexibility index (Phi) is 2.58. The fraction of sp³-hybridized carbons (Fsp3) is 0.667. The zero-order valence-corrected chi connectivity index (χ0v) is 8.40. The first-order valence-electron chi connectivity index (χ1n) is 5.00. The first-order valence-corrected chi connectivity index (χ1v) is 5.00. The SMILES string of the molecule is CCCN1CCc2nc(N)nnc2C1. The minimum atomic E-state index is 0.285. The monoisotopic (exact) mass is 193 g/mol. The van der Waals surface area contributed by atoms with Gasteiger partial charge in [0.05, 0.1) is 11.4 Å². The van der Waals surface area contributed by atoms with Gasteiger partial charge in [-0.15, -0.1) is 10.2 Å². The van der Waals surface area contributed by atoms with E-state index in [2.05, 4.69) is 27.0 Å². The third-order valence-electron chi connectivity index (χ3n) is 2.43. The van der Waals surface area contributed by atoms with Crippen molar-refractivity contribution < 1.29 is 0 Å². The van der Waals surface area contributed by atoms with E-state index in [9.17, 15) is 0 Å². The van der Waals surface area contributed by atoms with Crippen LogP contribution in [0.1, 0.15) is 24.7 Å². The topological polar surface area (TPSA) is 67.9 Å². The Morgan fingerprint density at radius 3 is 3.00 bits per heavy atom. The average molecular weight is 193 g/mol. The number of fused-ring (bicyclic) bond motifs is 1. The van der Waals surface area contributed by atoms with E-state index in [0.717, 1.165) is 37.4 Å². The summed E-state index contributed by atoms with van der Waals surface area (Å²) in [7, 11) is 0. The second-order valence-electron chi connectivity index (χ2n) is 3.59. The van der Waals surface area contributed by atoms with Crippen molar-refractivity contribution in [1.29, 1.82) is 0 Å². The van der Waals surface area contributed by atoms with Crippen molar-refractivity contribution in [2.24, 2.45) is 0 Å². The van der Waals surface area contributed by atoms with E-state index < -0.39 is 0 Å². The van der Waals surface area contributed by atoms with Gasteiger partial charge in [0.2, 0.25) is 5.95 Å². The molecular formula is C9H15N5. The third-order valence-corrected chi connectivity index (χ3v) is 2.43. The molecule has 0 spiro atoms. The highest BCUT2D eigenvalue weighted by Crippen LogP contribution is 2.14. The van der Waals surface area contributed by atoms with Crippen LogP contribution >= 0.6 is 0 Å². The molecule has 1 aromatic rings. The number of nitrogens with two attached hydrogens (primary N) is 1. The molecule has 0 unspecified atom stereocenters. The highest BCUT2D eigenvalue weighted by atomic mass is 15.2. The Bertz CT molecular complexity index is 325. The van der Waals surface area contributed by atoms with Gasteiger partial charge in [-0.3, -0.25) is 4.90 Å². The summed E-state index contributed by atoms with van der Waals surface area (Å²) in [6.07, 6.45) is 2.11. The van der Waals surface area contributed by atoms with Crippen molar-refractivity contribution in [3.63, 3.8) is 0 Å². The van der Waals surface area contributed by atoms with E-state index in [-0.39, 0.29) is 5.95 Å². The molecule has 5 heteroatoms. The van der Waals surface area contributed by atoms with E-state index in [1.54, 1.807) is 0 Å². The summed E-state index contributed by atoms with van der Waals surface area (Å²) >= 11 is 0. The summed E-state index contributed by atoms with van der Waals surface area (Å²) in [6.45, 7) is 5.22. The summed E-state index contributed by atoms with van der Waals surface area (Å²) in [5.74, 6) is 0.285. The maximum absolute atomic E-state index is 5.48. The van der Waals surface area contributed by atoms with Gasteiger partial charge in [0.15, 0.2) is 0 Å². The Morgan fingerprint density at radius 1 is 1.36 bits per heavy atom. The van der Waals surface area contributed by atoms with Gasteiger partial charge in [0.25, 0.3) is 0 Å². The Hall–Kier alpha value is -1.23. The molecule has 0 amide bonds. The molecule has 0 saturated heterocycles. The molecule has 1 aliphatic heterocycles. The molecule has 5 nitrogen and oxygen atoms in total. The normalized spacial score (nSPS) is 16.6. The number of rotatable bonds is 2. The van der Waals surface area contributed by atoms with Gasteiger partial charge in [0.1, 0.15) is 0 Å². The number of hydrogen-bond donors (Lipinski definition) is 1. The maximum Gasteiger partial charge on any atom is 0.240 e. The molecule has 0 radical (unpaired) electrons. The van der Waals surface area contributed by atoms with E-state index >= 15 is 0 Å². The van der Waals surface area contributed by atoms with Gasteiger partial charge in [-0.05, 0) is 13.0 Å². The molecule has 0 aliphatic carbocycles. The number of anilines is 1. The summed E-state index contributed by atoms with van der Waals surface area (Å²) < 4.78 is 0. The summed E-state index contributed by atoms with van der Waals surface area (Å²) in [5, 5.41) is 7.85. The molecule has 1 aromatic heterocycles. The summed E-state index contributed by atoms with van der Waals surface area (Å²) in [4.78, 5) is 6.56. The van der Waals surface area contributed by atoms with Crippen LogP contribution in [0.4, 0.5) is 5.95 Å². The number of hydrogen-bond acceptors (Lipinski definition) is 5. The molecule has 0 bridgehead atoms. The van der Waals surface area contributed by atoms with Crippen molar-refractivity contribution >= 4 is 5.95 Å². The number of aromatic nitrogens is 3. The minimum Gasteiger partial charge on any atom is -0.366 e. The molecule has 76 valence electrons. The fourth-order valence-corrected chi connectivity index (χ4v) is 1.78. The van der Waals surface area contributed by atoms with Crippen LogP contribution < -0.4 is 5.73 Å². The lowest BCUT2D eigenvalue weighted by atomic mass is 10.1. The molecule has 0 saturated carbocycles. The van der Waals surface area contributed by atoms with E-state index in [1.807, 2.05) is 0 Å². The Balaban J connectivity index is 2.15. The second-order valence-corrected chi connectivity index (χ2v) is 3.59. The Morgan fingerprint density at radius 2 is 2.21 bits per heavy atom. The van der Waals surface area contributed by atoms with Gasteiger partial charge in [-0.2, -0.15) is 0 Å². The zero-order valence-electron chi connectivity index (χ0n) is 8.40. The van der Waals surface area contributed by atoms with Gasteiger partial charge >= 0.3 is 0 Å². The van der Waals surface area contributed by atoms with Crippen LogP contribution in [0, 0.1) is 0 Å². The molecule has 14 heavy (non-hydrogen) atoms. The first-order chi connectivity index (χ1) is 6.79. The summed E-state index contributed by atoms with van der Waals surface area (Å²) in [5.41, 5.74) is 7.48. The predicted molar refractivity (Wildman–Crippen MR) is 53.5 cm³/mol. The predicted octanol–water partition coefficient (Wildman–Crippen LogP) is 0.222. The molecular weight excluding hydrogens is 178 g/mol. The average Bonchev–Trinajstić information content (AvgIpc) is 2.19. The van der Waals surface area contributed by atoms with Gasteiger partial charge in [0, 0.05) is 19.5 Å². The molecule has 0 atom stereocenters. The van der Waals surface area contributed by atoms with Crippen molar-refractivity contribution in [3.8, 4) is 0 Å². The van der Waals surface area contributed by atoms with Gasteiger partial charge in [-0.1, -0.05) is 6.92 Å². The van der Waals surface area contributed by atoms with Gasteiger partial charge < -0.3 is 5.73 Å². The van der Waals surface area contributed by atoms with E-state index in [4.69, 9.17) is 5.73 Å². The van der Waals surface area contributed by atoms with Crippen LogP contribution in [0.2, 0.25) is 0 Å². The van der Waals surface area contributed by atoms with Crippen LogP contribution in [-0.4, -0.2) is 33.2 Å².